The van der Waals surface area contributed by atoms with Crippen molar-refractivity contribution in [2.24, 2.45) is 0 Å². The summed E-state index contributed by atoms with van der Waals surface area (Å²) in [5.74, 6) is 1.39. The Balaban J connectivity index is 1.57. The van der Waals surface area contributed by atoms with Crippen LogP contribution in [0, 0.1) is 0 Å². The van der Waals surface area contributed by atoms with E-state index in [1.54, 1.807) is 36.3 Å². The van der Waals surface area contributed by atoms with Crippen molar-refractivity contribution in [3.63, 3.8) is 0 Å². The van der Waals surface area contributed by atoms with E-state index < -0.39 is 10.0 Å². The number of amides is 1. The predicted octanol–water partition coefficient (Wildman–Crippen LogP) is 3.52. The third kappa shape index (κ3) is 6.46. The first-order chi connectivity index (χ1) is 15.4. The topological polar surface area (TPSA) is 84.9 Å². The maximum Gasteiger partial charge on any atom is 0.240 e. The standard InChI is InChI=1S/C24H32N2O5S/c1-4-26(17-19-8-14-22(31-5-2)23(16-19)30-3)24(27)15-9-18-6-12-21(13-7-18)32(28,29)25-20-10-11-20/h6-8,12-14,16,20,25H,4-5,9-11,15,17H2,1-3H3. The smallest absolute Gasteiger partial charge is 0.240 e. The number of nitrogens with zero attached hydrogens (tertiary/aromatic N) is 1. The number of ether oxygens (including phenoxy) is 2. The summed E-state index contributed by atoms with van der Waals surface area (Å²) in [6.07, 6.45) is 2.71. The normalized spacial score (nSPS) is 13.6. The van der Waals surface area contributed by atoms with E-state index >= 15 is 0 Å². The summed E-state index contributed by atoms with van der Waals surface area (Å²) in [6.45, 7) is 5.51. The zero-order chi connectivity index (χ0) is 23.1. The summed E-state index contributed by atoms with van der Waals surface area (Å²) >= 11 is 0. The average molecular weight is 461 g/mol. The first kappa shape index (κ1) is 24.1. The van der Waals surface area contributed by atoms with Crippen molar-refractivity contribution in [3.05, 3.63) is 53.6 Å². The lowest BCUT2D eigenvalue weighted by molar-refractivity contribution is -0.131. The van der Waals surface area contributed by atoms with Gasteiger partial charge in [0, 0.05) is 25.6 Å². The third-order valence-electron chi connectivity index (χ3n) is 5.40. The zero-order valence-corrected chi connectivity index (χ0v) is 19.8. The number of aryl methyl sites for hydroxylation is 1. The van der Waals surface area contributed by atoms with E-state index in [9.17, 15) is 13.2 Å². The molecule has 0 bridgehead atoms. The predicted molar refractivity (Wildman–Crippen MR) is 123 cm³/mol. The summed E-state index contributed by atoms with van der Waals surface area (Å²) in [4.78, 5) is 14.9. The molecule has 174 valence electrons. The molecule has 0 unspecified atom stereocenters. The van der Waals surface area contributed by atoms with Crippen LogP contribution in [0.4, 0.5) is 0 Å². The fourth-order valence-corrected chi connectivity index (χ4v) is 4.72. The van der Waals surface area contributed by atoms with Crippen molar-refractivity contribution in [3.8, 4) is 11.5 Å². The fraction of sp³-hybridized carbons (Fsp3) is 0.458. The highest BCUT2D eigenvalue weighted by Crippen LogP contribution is 2.28. The number of hydrogen-bond donors (Lipinski definition) is 1. The number of nitrogens with one attached hydrogen (secondary N) is 1. The molecule has 2 aromatic carbocycles. The number of rotatable bonds is 12. The Morgan fingerprint density at radius 1 is 1.06 bits per heavy atom. The van der Waals surface area contributed by atoms with Gasteiger partial charge >= 0.3 is 0 Å². The van der Waals surface area contributed by atoms with E-state index in [0.29, 0.717) is 44.0 Å². The monoisotopic (exact) mass is 460 g/mol. The highest BCUT2D eigenvalue weighted by atomic mass is 32.2. The first-order valence-electron chi connectivity index (χ1n) is 11.0. The first-order valence-corrected chi connectivity index (χ1v) is 12.5. The van der Waals surface area contributed by atoms with Gasteiger partial charge in [-0.05, 0) is 68.5 Å². The SMILES string of the molecule is CCOc1ccc(CN(CC)C(=O)CCc2ccc(S(=O)(=O)NC3CC3)cc2)cc1OC. The van der Waals surface area contributed by atoms with E-state index in [2.05, 4.69) is 4.72 Å². The molecule has 1 saturated carbocycles. The van der Waals surface area contributed by atoms with Gasteiger partial charge < -0.3 is 14.4 Å². The number of sulfonamides is 1. The van der Waals surface area contributed by atoms with Gasteiger partial charge in [-0.15, -0.1) is 0 Å². The summed E-state index contributed by atoms with van der Waals surface area (Å²) in [7, 11) is -1.85. The number of benzene rings is 2. The molecular formula is C24H32N2O5S. The van der Waals surface area contributed by atoms with Crippen LogP contribution in [0.3, 0.4) is 0 Å². The molecule has 1 amide bonds. The minimum Gasteiger partial charge on any atom is -0.493 e. The molecule has 7 nitrogen and oxygen atoms in total. The van der Waals surface area contributed by atoms with E-state index in [1.165, 1.54) is 0 Å². The van der Waals surface area contributed by atoms with Gasteiger partial charge in [-0.1, -0.05) is 18.2 Å². The largest absolute Gasteiger partial charge is 0.493 e. The molecule has 1 N–H and O–H groups in total. The van der Waals surface area contributed by atoms with Crippen molar-refractivity contribution in [2.45, 2.75) is 57.0 Å². The van der Waals surface area contributed by atoms with Crippen LogP contribution in [0.1, 0.15) is 44.2 Å². The van der Waals surface area contributed by atoms with Gasteiger partial charge in [0.1, 0.15) is 0 Å². The second kappa shape index (κ2) is 10.8. The molecule has 3 rings (SSSR count). The van der Waals surface area contributed by atoms with E-state index in [4.69, 9.17) is 9.47 Å². The molecule has 2 aromatic rings. The maximum atomic E-state index is 12.8. The molecule has 0 saturated heterocycles. The van der Waals surface area contributed by atoms with Crippen LogP contribution in [-0.4, -0.2) is 45.5 Å². The molecule has 8 heteroatoms. The van der Waals surface area contributed by atoms with E-state index in [-0.39, 0.29) is 16.8 Å². The Kier molecular flexibility index (Phi) is 8.15. The Morgan fingerprint density at radius 3 is 2.34 bits per heavy atom. The molecule has 0 heterocycles. The van der Waals surface area contributed by atoms with Crippen LogP contribution in [0.15, 0.2) is 47.4 Å². The Bertz CT molecular complexity index is 1020. The second-order valence-electron chi connectivity index (χ2n) is 7.87. The van der Waals surface area contributed by atoms with E-state index in [1.807, 2.05) is 32.0 Å². The summed E-state index contributed by atoms with van der Waals surface area (Å²) in [5, 5.41) is 0. The van der Waals surface area contributed by atoms with Crippen molar-refractivity contribution in [1.82, 2.24) is 9.62 Å². The maximum absolute atomic E-state index is 12.8. The number of carbonyl (C=O) groups excluding carboxylic acids is 1. The molecular weight excluding hydrogens is 428 g/mol. The fourth-order valence-electron chi connectivity index (χ4n) is 3.42. The van der Waals surface area contributed by atoms with Gasteiger partial charge in [0.2, 0.25) is 15.9 Å². The summed E-state index contributed by atoms with van der Waals surface area (Å²) in [6, 6.07) is 12.6. The van der Waals surface area contributed by atoms with Crippen molar-refractivity contribution in [2.75, 3.05) is 20.3 Å². The lowest BCUT2D eigenvalue weighted by Crippen LogP contribution is -2.30. The van der Waals surface area contributed by atoms with Crippen molar-refractivity contribution < 1.29 is 22.7 Å². The minimum atomic E-state index is -3.45. The molecule has 0 atom stereocenters. The van der Waals surface area contributed by atoms with Crippen LogP contribution in [0.25, 0.3) is 0 Å². The average Bonchev–Trinajstić information content (AvgIpc) is 3.60. The Labute approximate surface area is 190 Å². The lowest BCUT2D eigenvalue weighted by atomic mass is 10.1. The molecule has 0 aromatic heterocycles. The second-order valence-corrected chi connectivity index (χ2v) is 9.58. The van der Waals surface area contributed by atoms with Crippen LogP contribution in [-0.2, 0) is 27.8 Å². The van der Waals surface area contributed by atoms with Gasteiger partial charge in [0.05, 0.1) is 18.6 Å². The van der Waals surface area contributed by atoms with Crippen LogP contribution in [0.5, 0.6) is 11.5 Å². The number of carbonyl (C=O) groups is 1. The van der Waals surface area contributed by atoms with Gasteiger partial charge in [-0.3, -0.25) is 4.79 Å². The zero-order valence-electron chi connectivity index (χ0n) is 19.0. The number of methoxy groups -OCH3 is 1. The van der Waals surface area contributed by atoms with Gasteiger partial charge in [-0.2, -0.15) is 0 Å². The highest BCUT2D eigenvalue weighted by Gasteiger charge is 2.27. The molecule has 0 aliphatic heterocycles. The molecule has 32 heavy (non-hydrogen) atoms. The molecule has 1 aliphatic rings. The minimum absolute atomic E-state index is 0.0486. The molecule has 0 radical (unpaired) electrons. The highest BCUT2D eigenvalue weighted by molar-refractivity contribution is 7.89. The number of hydrogen-bond acceptors (Lipinski definition) is 5. The lowest BCUT2D eigenvalue weighted by Gasteiger charge is -2.22. The summed E-state index contributed by atoms with van der Waals surface area (Å²) in [5.41, 5.74) is 1.90. The van der Waals surface area contributed by atoms with E-state index in [0.717, 1.165) is 24.0 Å². The van der Waals surface area contributed by atoms with Crippen LogP contribution >= 0.6 is 0 Å². The quantitative estimate of drug-likeness (QED) is 0.524. The van der Waals surface area contributed by atoms with Crippen LogP contribution < -0.4 is 14.2 Å². The van der Waals surface area contributed by atoms with Gasteiger partial charge in [0.15, 0.2) is 11.5 Å². The summed E-state index contributed by atoms with van der Waals surface area (Å²) < 4.78 is 38.2. The molecule has 0 spiro atoms. The van der Waals surface area contributed by atoms with Gasteiger partial charge in [-0.25, -0.2) is 13.1 Å². The third-order valence-corrected chi connectivity index (χ3v) is 6.93. The molecule has 1 aliphatic carbocycles. The Hall–Kier alpha value is -2.58. The van der Waals surface area contributed by atoms with Crippen molar-refractivity contribution in [1.29, 1.82) is 0 Å². The van der Waals surface area contributed by atoms with Crippen molar-refractivity contribution >= 4 is 15.9 Å². The Morgan fingerprint density at radius 2 is 1.75 bits per heavy atom. The molecule has 1 fully saturated rings. The van der Waals surface area contributed by atoms with Crippen LogP contribution in [0.2, 0.25) is 0 Å². The van der Waals surface area contributed by atoms with Gasteiger partial charge in [0.25, 0.3) is 0 Å².